The lowest BCUT2D eigenvalue weighted by molar-refractivity contribution is -0.132. The van der Waals surface area contributed by atoms with Crippen LogP contribution in [0.1, 0.15) is 17.0 Å². The molecule has 8 heteroatoms. The Morgan fingerprint density at radius 1 is 1.29 bits per heavy atom. The van der Waals surface area contributed by atoms with Crippen LogP contribution >= 0.6 is 11.6 Å². The van der Waals surface area contributed by atoms with E-state index < -0.39 is 5.82 Å². The number of aromatic nitrogens is 2. The predicted octanol–water partition coefficient (Wildman–Crippen LogP) is 2.06. The van der Waals surface area contributed by atoms with E-state index in [1.54, 1.807) is 11.0 Å². The topological polar surface area (TPSA) is 62.5 Å². The number of nitrogens with zero attached hydrogens (tertiary/aromatic N) is 4. The zero-order valence-corrected chi connectivity index (χ0v) is 14.1. The first-order chi connectivity index (χ1) is 11.5. The maximum absolute atomic E-state index is 13.8. The smallest absolute Gasteiger partial charge is 0.227 e. The number of hydrogen-bond donors (Lipinski definition) is 0. The lowest BCUT2D eigenvalue weighted by atomic mass is 10.1. The minimum absolute atomic E-state index is 0.0161. The molecule has 1 aromatic carbocycles. The molecular weight excluding hydrogens is 335 g/mol. The van der Waals surface area contributed by atoms with E-state index in [1.807, 2.05) is 6.92 Å². The third-order valence-electron chi connectivity index (χ3n) is 4.23. The summed E-state index contributed by atoms with van der Waals surface area (Å²) in [6, 6.07) is 4.45. The van der Waals surface area contributed by atoms with Gasteiger partial charge in [-0.2, -0.15) is 0 Å². The van der Waals surface area contributed by atoms with Gasteiger partial charge in [0.25, 0.3) is 0 Å². The van der Waals surface area contributed by atoms with Crippen molar-refractivity contribution in [2.24, 2.45) is 0 Å². The molecule has 6 nitrogen and oxygen atoms in total. The number of carbonyl (C=O) groups excluding carboxylic acids is 1. The largest absolute Gasteiger partial charge is 0.340 e. The normalized spacial score (nSPS) is 15.7. The molecule has 1 amide bonds. The van der Waals surface area contributed by atoms with Gasteiger partial charge in [0, 0.05) is 43.3 Å². The number of halogens is 2. The van der Waals surface area contributed by atoms with Crippen molar-refractivity contribution >= 4 is 17.5 Å². The van der Waals surface area contributed by atoms with Crippen LogP contribution in [0.4, 0.5) is 4.39 Å². The molecule has 128 valence electrons. The van der Waals surface area contributed by atoms with Crippen LogP contribution in [-0.2, 0) is 17.8 Å². The summed E-state index contributed by atoms with van der Waals surface area (Å²) in [5.41, 5.74) is 1.85. The summed E-state index contributed by atoms with van der Waals surface area (Å²) >= 11 is 5.99. The number of amides is 1. The van der Waals surface area contributed by atoms with Gasteiger partial charge < -0.3 is 4.90 Å². The summed E-state index contributed by atoms with van der Waals surface area (Å²) in [5, 5.41) is 7.93. The van der Waals surface area contributed by atoms with Gasteiger partial charge in [0.1, 0.15) is 17.2 Å². The second kappa shape index (κ2) is 7.27. The lowest BCUT2D eigenvalue weighted by Crippen LogP contribution is -2.48. The summed E-state index contributed by atoms with van der Waals surface area (Å²) in [5.74, 6) is -0.551. The quantitative estimate of drug-likeness (QED) is 0.842. The van der Waals surface area contributed by atoms with E-state index in [4.69, 9.17) is 16.2 Å². The van der Waals surface area contributed by atoms with Crippen LogP contribution < -0.4 is 0 Å². The Kier molecular flexibility index (Phi) is 5.11. The molecule has 24 heavy (non-hydrogen) atoms. The van der Waals surface area contributed by atoms with Crippen LogP contribution in [0.15, 0.2) is 22.8 Å². The van der Waals surface area contributed by atoms with Crippen molar-refractivity contribution in [3.8, 4) is 0 Å². The minimum atomic E-state index is -0.441. The first-order valence-electron chi connectivity index (χ1n) is 7.75. The molecule has 0 spiro atoms. The van der Waals surface area contributed by atoms with Gasteiger partial charge in [0.2, 0.25) is 5.91 Å². The van der Waals surface area contributed by atoms with Crippen LogP contribution in [-0.4, -0.2) is 52.2 Å². The van der Waals surface area contributed by atoms with E-state index in [0.29, 0.717) is 19.6 Å². The second-order valence-corrected chi connectivity index (χ2v) is 6.24. The summed E-state index contributed by atoms with van der Waals surface area (Å²) in [6.45, 7) is 5.14. The number of aryl methyl sites for hydroxylation is 1. The van der Waals surface area contributed by atoms with Crippen LogP contribution in [0.5, 0.6) is 0 Å². The summed E-state index contributed by atoms with van der Waals surface area (Å²) in [4.78, 5) is 16.3. The molecule has 0 aliphatic carbocycles. The fraction of sp³-hybridized carbons (Fsp3) is 0.438. The Bertz CT molecular complexity index is 708. The minimum Gasteiger partial charge on any atom is -0.340 e. The third kappa shape index (κ3) is 3.73. The van der Waals surface area contributed by atoms with Crippen molar-refractivity contribution in [2.45, 2.75) is 19.9 Å². The standard InChI is InChI=1S/C16H18ClFN4O2/c1-11-15(20-24-19-11)10-21-5-7-22(8-6-21)16(23)9-12-13(17)3-2-4-14(12)18/h2-4H,5-10H2,1H3. The molecule has 0 bridgehead atoms. The molecule has 1 aromatic heterocycles. The molecule has 1 fully saturated rings. The Labute approximate surface area is 144 Å². The van der Waals surface area contributed by atoms with E-state index in [-0.39, 0.29) is 22.9 Å². The molecule has 3 rings (SSSR count). The van der Waals surface area contributed by atoms with Gasteiger partial charge in [-0.1, -0.05) is 28.0 Å². The van der Waals surface area contributed by atoms with E-state index in [9.17, 15) is 9.18 Å². The lowest BCUT2D eigenvalue weighted by Gasteiger charge is -2.34. The zero-order valence-electron chi connectivity index (χ0n) is 13.3. The molecule has 0 unspecified atom stereocenters. The Morgan fingerprint density at radius 3 is 2.67 bits per heavy atom. The van der Waals surface area contributed by atoms with Crippen LogP contribution in [0.3, 0.4) is 0 Å². The molecule has 0 saturated carbocycles. The van der Waals surface area contributed by atoms with Gasteiger partial charge in [-0.3, -0.25) is 9.69 Å². The fourth-order valence-electron chi connectivity index (χ4n) is 2.72. The van der Waals surface area contributed by atoms with Crippen molar-refractivity contribution in [3.63, 3.8) is 0 Å². The molecule has 1 saturated heterocycles. The molecule has 1 aliphatic rings. The van der Waals surface area contributed by atoms with Gasteiger partial charge in [-0.25, -0.2) is 9.02 Å². The molecule has 1 aliphatic heterocycles. The molecule has 2 heterocycles. The second-order valence-electron chi connectivity index (χ2n) is 5.83. The molecular formula is C16H18ClFN4O2. The maximum atomic E-state index is 13.8. The molecule has 0 atom stereocenters. The van der Waals surface area contributed by atoms with Crippen molar-refractivity contribution in [1.82, 2.24) is 20.1 Å². The van der Waals surface area contributed by atoms with Gasteiger partial charge in [-0.05, 0) is 19.1 Å². The van der Waals surface area contributed by atoms with Gasteiger partial charge in [0.15, 0.2) is 0 Å². The Morgan fingerprint density at radius 2 is 2.04 bits per heavy atom. The van der Waals surface area contributed by atoms with Crippen LogP contribution in [0.2, 0.25) is 5.02 Å². The van der Waals surface area contributed by atoms with Gasteiger partial charge in [0.05, 0.1) is 6.42 Å². The van der Waals surface area contributed by atoms with E-state index in [2.05, 4.69) is 15.2 Å². The average Bonchev–Trinajstić information content (AvgIpc) is 2.97. The summed E-state index contributed by atoms with van der Waals surface area (Å²) in [7, 11) is 0. The highest BCUT2D eigenvalue weighted by molar-refractivity contribution is 6.31. The van der Waals surface area contributed by atoms with Gasteiger partial charge in [-0.15, -0.1) is 0 Å². The monoisotopic (exact) mass is 352 g/mol. The predicted molar refractivity (Wildman–Crippen MR) is 86.0 cm³/mol. The first kappa shape index (κ1) is 16.9. The van der Waals surface area contributed by atoms with Crippen LogP contribution in [0.25, 0.3) is 0 Å². The van der Waals surface area contributed by atoms with E-state index >= 15 is 0 Å². The number of rotatable bonds is 4. The number of hydrogen-bond acceptors (Lipinski definition) is 5. The highest BCUT2D eigenvalue weighted by Crippen LogP contribution is 2.20. The van der Waals surface area contributed by atoms with E-state index in [1.165, 1.54) is 12.1 Å². The Hall–Kier alpha value is -1.99. The number of benzene rings is 1. The average molecular weight is 353 g/mol. The molecule has 0 radical (unpaired) electrons. The number of piperazine rings is 1. The van der Waals surface area contributed by atoms with Crippen molar-refractivity contribution in [3.05, 3.63) is 46.0 Å². The highest BCUT2D eigenvalue weighted by Gasteiger charge is 2.23. The van der Waals surface area contributed by atoms with Crippen LogP contribution in [0, 0.1) is 12.7 Å². The highest BCUT2D eigenvalue weighted by atomic mass is 35.5. The van der Waals surface area contributed by atoms with Gasteiger partial charge >= 0.3 is 0 Å². The fourth-order valence-corrected chi connectivity index (χ4v) is 2.95. The summed E-state index contributed by atoms with van der Waals surface area (Å²) in [6.07, 6.45) is -0.0161. The van der Waals surface area contributed by atoms with Crippen molar-refractivity contribution < 1.29 is 13.8 Å². The Balaban J connectivity index is 1.54. The van der Waals surface area contributed by atoms with Crippen molar-refractivity contribution in [1.29, 1.82) is 0 Å². The van der Waals surface area contributed by atoms with E-state index in [0.717, 1.165) is 24.5 Å². The maximum Gasteiger partial charge on any atom is 0.227 e. The SMILES string of the molecule is Cc1nonc1CN1CCN(C(=O)Cc2c(F)cccc2Cl)CC1. The third-order valence-corrected chi connectivity index (χ3v) is 4.59. The first-order valence-corrected chi connectivity index (χ1v) is 8.13. The molecule has 2 aromatic rings. The summed E-state index contributed by atoms with van der Waals surface area (Å²) < 4.78 is 18.5. The number of carbonyl (C=O) groups is 1. The zero-order chi connectivity index (χ0) is 17.1. The van der Waals surface area contributed by atoms with Crippen molar-refractivity contribution in [2.75, 3.05) is 26.2 Å². The molecule has 0 N–H and O–H groups in total.